The van der Waals surface area contributed by atoms with Gasteiger partial charge in [0, 0.05) is 28.5 Å². The van der Waals surface area contributed by atoms with Crippen LogP contribution < -0.4 is 5.32 Å². The van der Waals surface area contributed by atoms with Crippen LogP contribution in [0.15, 0.2) is 188 Å². The van der Waals surface area contributed by atoms with Gasteiger partial charge in [0.2, 0.25) is 0 Å². The molecule has 0 aromatic heterocycles. The molecule has 0 unspecified atom stereocenters. The van der Waals surface area contributed by atoms with Crippen molar-refractivity contribution in [2.24, 2.45) is 0 Å². The smallest absolute Gasteiger partial charge is 0.338 e. The van der Waals surface area contributed by atoms with E-state index in [1.807, 2.05) is 18.2 Å². The molecule has 0 atom stereocenters. The minimum absolute atomic E-state index is 0.158. The number of hydrogen-bond acceptors (Lipinski definition) is 4. The van der Waals surface area contributed by atoms with Gasteiger partial charge in [-0.15, -0.1) is 0 Å². The Kier molecular flexibility index (Phi) is 9.64. The Morgan fingerprint density at radius 2 is 0.944 bits per heavy atom. The number of rotatable bonds is 9. The van der Waals surface area contributed by atoms with E-state index in [1.165, 1.54) is 11.1 Å². The number of esters is 1. The van der Waals surface area contributed by atoms with E-state index >= 15 is 0 Å². The van der Waals surface area contributed by atoms with Crippen LogP contribution in [0.25, 0.3) is 39.1 Å². The van der Waals surface area contributed by atoms with Crippen molar-refractivity contribution in [2.45, 2.75) is 6.92 Å². The maximum Gasteiger partial charge on any atom is 0.338 e. The van der Waals surface area contributed by atoms with Gasteiger partial charge in [-0.3, -0.25) is 4.79 Å². The molecule has 0 fully saturated rings. The lowest BCUT2D eigenvalue weighted by Gasteiger charge is -2.25. The molecular weight excluding hydrogens is 663 g/mol. The summed E-state index contributed by atoms with van der Waals surface area (Å²) in [5, 5.41) is 3.52. The van der Waals surface area contributed by atoms with Crippen molar-refractivity contribution in [1.82, 2.24) is 0 Å². The number of hydrogen-bond donors (Lipinski definition) is 1. The summed E-state index contributed by atoms with van der Waals surface area (Å²) in [5.74, 6) is -0.562. The average Bonchev–Trinajstić information content (AvgIpc) is 3.24. The molecule has 4 heteroatoms. The number of ketones is 1. The van der Waals surface area contributed by atoms with E-state index in [0.29, 0.717) is 17.7 Å². The maximum absolute atomic E-state index is 13.4. The van der Waals surface area contributed by atoms with Crippen molar-refractivity contribution >= 4 is 34.3 Å². The molecule has 0 aliphatic carbocycles. The summed E-state index contributed by atoms with van der Waals surface area (Å²) in [5.41, 5.74) is 14.8. The van der Waals surface area contributed by atoms with Gasteiger partial charge in [0.05, 0.1) is 17.9 Å². The normalized spacial score (nSPS) is 12.2. The highest BCUT2D eigenvalue weighted by atomic mass is 16.5. The molecule has 1 N–H and O–H groups in total. The minimum atomic E-state index is -0.404. The lowest BCUT2D eigenvalue weighted by atomic mass is 9.85. The fourth-order valence-electron chi connectivity index (χ4n) is 7.09. The standard InChI is InChI=1S/C50H37NO3/c1-2-54-50(53)40-28-24-35(25-29-40)47(52)33-46-43-21-13-12-20-42(43)44-32-41(30-31-45(44)51-46)34-22-26-39(27-23-34)49(38-18-10-5-11-19-38)48(36-14-6-3-7-15-36)37-16-8-4-9-17-37/h3-33,51H,2H2,1H3/b46-33-. The van der Waals surface area contributed by atoms with E-state index in [9.17, 15) is 9.59 Å². The SMILES string of the molecule is CCOC(=O)c1ccc(C(=O)/C=C2\Nc3ccc(-c4ccc(C(=C(c5ccccc5)c5ccccc5)c5ccccc5)cc4)cc3-c3ccccc32)cc1. The predicted octanol–water partition coefficient (Wildman–Crippen LogP) is 11.9. The highest BCUT2D eigenvalue weighted by molar-refractivity contribution is 6.12. The number of allylic oxidation sites excluding steroid dienone is 1. The summed E-state index contributed by atoms with van der Waals surface area (Å²) >= 11 is 0. The third-order valence-corrected chi connectivity index (χ3v) is 9.70. The Morgan fingerprint density at radius 1 is 0.481 bits per heavy atom. The monoisotopic (exact) mass is 699 g/mol. The van der Waals surface area contributed by atoms with Gasteiger partial charge >= 0.3 is 5.97 Å². The first kappa shape index (κ1) is 34.1. The van der Waals surface area contributed by atoms with Crippen molar-refractivity contribution in [3.8, 4) is 22.3 Å². The number of carbonyl (C=O) groups is 2. The molecule has 0 saturated carbocycles. The molecule has 4 nitrogen and oxygen atoms in total. The second-order valence-corrected chi connectivity index (χ2v) is 13.1. The van der Waals surface area contributed by atoms with E-state index < -0.39 is 5.97 Å². The fourth-order valence-corrected chi connectivity index (χ4v) is 7.09. The highest BCUT2D eigenvalue weighted by Gasteiger charge is 2.22. The zero-order valence-electron chi connectivity index (χ0n) is 29.8. The van der Waals surface area contributed by atoms with E-state index in [4.69, 9.17) is 4.74 Å². The van der Waals surface area contributed by atoms with Gasteiger partial charge in [0.15, 0.2) is 5.78 Å². The van der Waals surface area contributed by atoms with Crippen molar-refractivity contribution in [1.29, 1.82) is 0 Å². The van der Waals surface area contributed by atoms with Gasteiger partial charge < -0.3 is 10.1 Å². The summed E-state index contributed by atoms with van der Waals surface area (Å²) in [6.45, 7) is 2.06. The molecule has 0 saturated heterocycles. The Hall–Kier alpha value is -7.04. The molecule has 0 spiro atoms. The first-order chi connectivity index (χ1) is 26.6. The molecule has 260 valence electrons. The molecule has 1 aliphatic rings. The first-order valence-electron chi connectivity index (χ1n) is 18.1. The molecule has 0 amide bonds. The molecule has 54 heavy (non-hydrogen) atoms. The predicted molar refractivity (Wildman–Crippen MR) is 220 cm³/mol. The Morgan fingerprint density at radius 3 is 1.50 bits per heavy atom. The summed E-state index contributed by atoms with van der Waals surface area (Å²) in [6, 6.07) is 61.8. The molecule has 1 aliphatic heterocycles. The van der Waals surface area contributed by atoms with Gasteiger partial charge in [-0.2, -0.15) is 0 Å². The number of nitrogens with one attached hydrogen (secondary N) is 1. The molecule has 7 aromatic carbocycles. The van der Waals surface area contributed by atoms with Gasteiger partial charge in [-0.05, 0) is 81.3 Å². The van der Waals surface area contributed by atoms with Crippen LogP contribution in [0.3, 0.4) is 0 Å². The van der Waals surface area contributed by atoms with Gasteiger partial charge in [0.25, 0.3) is 0 Å². The molecule has 0 radical (unpaired) electrons. The molecule has 1 heterocycles. The van der Waals surface area contributed by atoms with Crippen molar-refractivity contribution < 1.29 is 14.3 Å². The topological polar surface area (TPSA) is 55.4 Å². The van der Waals surface area contributed by atoms with Crippen LogP contribution in [0.4, 0.5) is 5.69 Å². The number of anilines is 1. The number of benzene rings is 7. The summed E-state index contributed by atoms with van der Waals surface area (Å²) < 4.78 is 5.08. The number of ether oxygens (including phenoxy) is 1. The minimum Gasteiger partial charge on any atom is -0.462 e. The van der Waals surface area contributed by atoms with Crippen molar-refractivity contribution in [3.63, 3.8) is 0 Å². The fraction of sp³-hybridized carbons (Fsp3) is 0.0400. The van der Waals surface area contributed by atoms with Gasteiger partial charge in [-0.1, -0.05) is 158 Å². The third kappa shape index (κ3) is 6.93. The molecular formula is C50H37NO3. The lowest BCUT2D eigenvalue weighted by molar-refractivity contribution is 0.0526. The quantitative estimate of drug-likeness (QED) is 0.0705. The molecule has 8 rings (SSSR count). The van der Waals surface area contributed by atoms with Crippen LogP contribution in [-0.2, 0) is 4.74 Å². The van der Waals surface area contributed by atoms with Gasteiger partial charge in [-0.25, -0.2) is 4.79 Å². The zero-order chi connectivity index (χ0) is 36.9. The van der Waals surface area contributed by atoms with Crippen molar-refractivity contribution in [2.75, 3.05) is 11.9 Å². The lowest BCUT2D eigenvalue weighted by Crippen LogP contribution is -2.10. The number of fused-ring (bicyclic) bond motifs is 3. The van der Waals surface area contributed by atoms with Crippen LogP contribution >= 0.6 is 0 Å². The highest BCUT2D eigenvalue weighted by Crippen LogP contribution is 2.43. The Bertz CT molecular complexity index is 2480. The zero-order valence-corrected chi connectivity index (χ0v) is 29.8. The van der Waals surface area contributed by atoms with E-state index in [-0.39, 0.29) is 5.78 Å². The number of carbonyl (C=O) groups excluding carboxylic acids is 2. The second kappa shape index (κ2) is 15.3. The van der Waals surface area contributed by atoms with Crippen LogP contribution in [0.2, 0.25) is 0 Å². The first-order valence-corrected chi connectivity index (χ1v) is 18.1. The van der Waals surface area contributed by atoms with Crippen molar-refractivity contribution in [3.05, 3.63) is 227 Å². The Balaban J connectivity index is 1.14. The summed E-state index contributed by atoms with van der Waals surface area (Å²) in [4.78, 5) is 25.5. The summed E-state index contributed by atoms with van der Waals surface area (Å²) in [6.07, 6.45) is 1.63. The maximum atomic E-state index is 13.4. The third-order valence-electron chi connectivity index (χ3n) is 9.70. The van der Waals surface area contributed by atoms with Gasteiger partial charge in [0.1, 0.15) is 0 Å². The van der Waals surface area contributed by atoms with Crippen LogP contribution in [0.1, 0.15) is 55.5 Å². The second-order valence-electron chi connectivity index (χ2n) is 13.1. The van der Waals surface area contributed by atoms with Crippen LogP contribution in [0, 0.1) is 0 Å². The Labute approximate surface area is 315 Å². The van der Waals surface area contributed by atoms with E-state index in [2.05, 4.69) is 145 Å². The largest absolute Gasteiger partial charge is 0.462 e. The molecule has 7 aromatic rings. The van der Waals surface area contributed by atoms with Crippen LogP contribution in [-0.4, -0.2) is 18.4 Å². The van der Waals surface area contributed by atoms with Crippen LogP contribution in [0.5, 0.6) is 0 Å². The van der Waals surface area contributed by atoms with E-state index in [0.717, 1.165) is 61.5 Å². The van der Waals surface area contributed by atoms with E-state index in [1.54, 1.807) is 37.3 Å². The average molecular weight is 700 g/mol. The molecule has 0 bridgehead atoms. The summed E-state index contributed by atoms with van der Waals surface area (Å²) in [7, 11) is 0.